The highest BCUT2D eigenvalue weighted by Crippen LogP contribution is 2.32. The molecule has 1 fully saturated rings. The molecule has 186 valence electrons. The van der Waals surface area contributed by atoms with Gasteiger partial charge in [0.05, 0.1) is 5.69 Å². The van der Waals surface area contributed by atoms with Crippen molar-refractivity contribution in [3.05, 3.63) is 81.5 Å². The summed E-state index contributed by atoms with van der Waals surface area (Å²) < 4.78 is 6.48. The van der Waals surface area contributed by atoms with Crippen molar-refractivity contribution >= 4 is 0 Å². The summed E-state index contributed by atoms with van der Waals surface area (Å²) in [5.41, 5.74) is 11.4. The first kappa shape index (κ1) is 25.4. The van der Waals surface area contributed by atoms with Crippen molar-refractivity contribution in [3.8, 4) is 17.0 Å². The molecular weight excluding hydrogens is 428 g/mol. The lowest BCUT2D eigenvalue weighted by Gasteiger charge is -2.22. The van der Waals surface area contributed by atoms with E-state index in [4.69, 9.17) is 9.72 Å². The quantitative estimate of drug-likeness (QED) is 0.319. The molecule has 3 aromatic rings. The molecule has 2 heterocycles. The van der Waals surface area contributed by atoms with E-state index >= 15 is 0 Å². The van der Waals surface area contributed by atoms with Gasteiger partial charge in [-0.05, 0) is 98.5 Å². The van der Waals surface area contributed by atoms with Crippen molar-refractivity contribution in [1.82, 2.24) is 9.88 Å². The van der Waals surface area contributed by atoms with Crippen LogP contribution in [-0.4, -0.2) is 23.0 Å². The SMILES string of the molecule is CCc1cccc(CC)c1-c1cc(CN2CCCC2)c(COc2cc(C(C)C)ccc2C)c(C)n1. The van der Waals surface area contributed by atoms with Crippen LogP contribution in [0.2, 0.25) is 0 Å². The van der Waals surface area contributed by atoms with Crippen LogP contribution in [0.1, 0.15) is 85.5 Å². The molecule has 1 aliphatic heterocycles. The summed E-state index contributed by atoms with van der Waals surface area (Å²) in [5.74, 6) is 1.47. The first-order chi connectivity index (χ1) is 16.9. The maximum Gasteiger partial charge on any atom is 0.123 e. The molecule has 0 amide bonds. The van der Waals surface area contributed by atoms with Crippen LogP contribution in [0.4, 0.5) is 0 Å². The number of aryl methyl sites for hydroxylation is 4. The van der Waals surface area contributed by atoms with Crippen molar-refractivity contribution in [3.63, 3.8) is 0 Å². The Morgan fingerprint density at radius 1 is 0.914 bits per heavy atom. The van der Waals surface area contributed by atoms with Gasteiger partial charge in [0.25, 0.3) is 0 Å². The van der Waals surface area contributed by atoms with Gasteiger partial charge < -0.3 is 4.74 Å². The number of rotatable bonds is 9. The normalized spacial score (nSPS) is 14.1. The van der Waals surface area contributed by atoms with Gasteiger partial charge in [0, 0.05) is 23.4 Å². The average Bonchev–Trinajstić information content (AvgIpc) is 3.36. The number of aromatic nitrogens is 1. The molecular formula is C32H42N2O. The number of likely N-dealkylation sites (tertiary alicyclic amines) is 1. The zero-order chi connectivity index (χ0) is 24.9. The summed E-state index contributed by atoms with van der Waals surface area (Å²) in [6, 6.07) is 15.7. The summed E-state index contributed by atoms with van der Waals surface area (Å²) in [6.45, 7) is 17.1. The van der Waals surface area contributed by atoms with Gasteiger partial charge in [-0.2, -0.15) is 0 Å². The van der Waals surface area contributed by atoms with Gasteiger partial charge >= 0.3 is 0 Å². The summed E-state index contributed by atoms with van der Waals surface area (Å²) >= 11 is 0. The molecule has 0 bridgehead atoms. The van der Waals surface area contributed by atoms with Crippen LogP contribution < -0.4 is 4.74 Å². The Kier molecular flexibility index (Phi) is 8.28. The molecule has 0 N–H and O–H groups in total. The van der Waals surface area contributed by atoms with Crippen LogP contribution >= 0.6 is 0 Å². The molecule has 0 atom stereocenters. The molecule has 0 saturated carbocycles. The maximum absolute atomic E-state index is 6.48. The Morgan fingerprint density at radius 2 is 1.60 bits per heavy atom. The van der Waals surface area contributed by atoms with E-state index in [1.165, 1.54) is 64.9 Å². The number of hydrogen-bond acceptors (Lipinski definition) is 3. The van der Waals surface area contributed by atoms with Gasteiger partial charge in [-0.15, -0.1) is 0 Å². The van der Waals surface area contributed by atoms with Crippen LogP contribution in [0.15, 0.2) is 42.5 Å². The lowest BCUT2D eigenvalue weighted by Crippen LogP contribution is -2.20. The molecule has 4 rings (SSSR count). The third-order valence-corrected chi connectivity index (χ3v) is 7.52. The molecule has 3 nitrogen and oxygen atoms in total. The predicted molar refractivity (Wildman–Crippen MR) is 147 cm³/mol. The Hall–Kier alpha value is -2.65. The number of nitrogens with zero attached hydrogens (tertiary/aromatic N) is 2. The first-order valence-corrected chi connectivity index (χ1v) is 13.5. The van der Waals surface area contributed by atoms with Gasteiger partial charge in [-0.1, -0.05) is 58.0 Å². The van der Waals surface area contributed by atoms with Crippen molar-refractivity contribution in [2.75, 3.05) is 13.1 Å². The van der Waals surface area contributed by atoms with Crippen LogP contribution in [0.25, 0.3) is 11.3 Å². The second-order valence-corrected chi connectivity index (χ2v) is 10.3. The van der Waals surface area contributed by atoms with E-state index in [-0.39, 0.29) is 0 Å². The fraction of sp³-hybridized carbons (Fsp3) is 0.469. The molecule has 35 heavy (non-hydrogen) atoms. The van der Waals surface area contributed by atoms with Gasteiger partial charge in [0.2, 0.25) is 0 Å². The van der Waals surface area contributed by atoms with Crippen molar-refractivity contribution in [1.29, 1.82) is 0 Å². The highest BCUT2D eigenvalue weighted by molar-refractivity contribution is 5.69. The van der Waals surface area contributed by atoms with E-state index in [1.807, 2.05) is 0 Å². The van der Waals surface area contributed by atoms with Crippen LogP contribution in [0.5, 0.6) is 5.75 Å². The Balaban J connectivity index is 1.73. The average molecular weight is 471 g/mol. The minimum Gasteiger partial charge on any atom is -0.489 e. The highest BCUT2D eigenvalue weighted by atomic mass is 16.5. The monoisotopic (exact) mass is 470 g/mol. The number of hydrogen-bond donors (Lipinski definition) is 0. The zero-order valence-corrected chi connectivity index (χ0v) is 22.6. The van der Waals surface area contributed by atoms with Gasteiger partial charge in [0.1, 0.15) is 12.4 Å². The molecule has 1 saturated heterocycles. The van der Waals surface area contributed by atoms with E-state index in [9.17, 15) is 0 Å². The molecule has 1 aliphatic rings. The Bertz CT molecular complexity index is 1140. The summed E-state index contributed by atoms with van der Waals surface area (Å²) in [5, 5.41) is 0. The fourth-order valence-corrected chi connectivity index (χ4v) is 5.27. The van der Waals surface area contributed by atoms with Crippen molar-refractivity contribution in [2.24, 2.45) is 0 Å². The minimum absolute atomic E-state index is 0.484. The second-order valence-electron chi connectivity index (χ2n) is 10.3. The van der Waals surface area contributed by atoms with E-state index in [1.54, 1.807) is 0 Å². The third kappa shape index (κ3) is 5.78. The Morgan fingerprint density at radius 3 is 2.23 bits per heavy atom. The predicted octanol–water partition coefficient (Wildman–Crippen LogP) is 7.79. The zero-order valence-electron chi connectivity index (χ0n) is 22.6. The van der Waals surface area contributed by atoms with Crippen LogP contribution in [-0.2, 0) is 26.0 Å². The molecule has 1 aromatic heterocycles. The van der Waals surface area contributed by atoms with E-state index < -0.39 is 0 Å². The minimum atomic E-state index is 0.484. The van der Waals surface area contributed by atoms with E-state index in [0.717, 1.165) is 36.5 Å². The summed E-state index contributed by atoms with van der Waals surface area (Å²) in [6.07, 6.45) is 4.62. The standard InChI is InChI=1S/C32H42N2O/c1-7-25-12-11-13-26(8-2)32(25)30-18-28(20-34-16-9-10-17-34)29(24(6)33-30)21-35-31-19-27(22(3)4)15-14-23(31)5/h11-15,18-19,22H,7-10,16-17,20-21H2,1-6H3. The molecule has 0 spiro atoms. The van der Waals surface area contributed by atoms with E-state index in [2.05, 4.69) is 88.9 Å². The first-order valence-electron chi connectivity index (χ1n) is 13.5. The van der Waals surface area contributed by atoms with Crippen molar-refractivity contribution < 1.29 is 4.74 Å². The summed E-state index contributed by atoms with van der Waals surface area (Å²) in [7, 11) is 0. The van der Waals surface area contributed by atoms with Crippen LogP contribution in [0.3, 0.4) is 0 Å². The molecule has 0 radical (unpaired) electrons. The topological polar surface area (TPSA) is 25.4 Å². The summed E-state index contributed by atoms with van der Waals surface area (Å²) in [4.78, 5) is 7.76. The van der Waals surface area contributed by atoms with Crippen LogP contribution in [0, 0.1) is 13.8 Å². The maximum atomic E-state index is 6.48. The third-order valence-electron chi connectivity index (χ3n) is 7.52. The molecule has 0 unspecified atom stereocenters. The smallest absolute Gasteiger partial charge is 0.123 e. The van der Waals surface area contributed by atoms with Gasteiger partial charge in [-0.25, -0.2) is 0 Å². The lowest BCUT2D eigenvalue weighted by atomic mass is 9.93. The highest BCUT2D eigenvalue weighted by Gasteiger charge is 2.20. The van der Waals surface area contributed by atoms with Gasteiger partial charge in [0.15, 0.2) is 0 Å². The Labute approximate surface area is 212 Å². The molecule has 3 heteroatoms. The largest absolute Gasteiger partial charge is 0.489 e. The second kappa shape index (κ2) is 11.4. The molecule has 2 aromatic carbocycles. The van der Waals surface area contributed by atoms with Gasteiger partial charge in [-0.3, -0.25) is 9.88 Å². The number of benzene rings is 2. The fourth-order valence-electron chi connectivity index (χ4n) is 5.27. The molecule has 0 aliphatic carbocycles. The lowest BCUT2D eigenvalue weighted by molar-refractivity contribution is 0.292. The van der Waals surface area contributed by atoms with Crippen molar-refractivity contribution in [2.45, 2.75) is 86.3 Å². The van der Waals surface area contributed by atoms with E-state index in [0.29, 0.717) is 12.5 Å². The number of pyridine rings is 1. The number of ether oxygens (including phenoxy) is 1.